The van der Waals surface area contributed by atoms with Crippen molar-refractivity contribution in [3.05, 3.63) is 135 Å². The number of fused-ring (bicyclic) bond motifs is 2. The van der Waals surface area contributed by atoms with E-state index in [1.807, 2.05) is 11.3 Å². The van der Waals surface area contributed by atoms with Crippen LogP contribution in [0.3, 0.4) is 0 Å². The van der Waals surface area contributed by atoms with Gasteiger partial charge in [0.15, 0.2) is 0 Å². The van der Waals surface area contributed by atoms with E-state index in [9.17, 15) is 0 Å². The lowest BCUT2D eigenvalue weighted by Crippen LogP contribution is -2.35. The van der Waals surface area contributed by atoms with Gasteiger partial charge in [-0.25, -0.2) is 0 Å². The normalized spacial score (nSPS) is 13.2. The van der Waals surface area contributed by atoms with E-state index in [0.29, 0.717) is 5.92 Å². The summed E-state index contributed by atoms with van der Waals surface area (Å²) >= 11 is 3.67. The Morgan fingerprint density at radius 3 is 1.93 bits per heavy atom. The topological polar surface area (TPSA) is 15.7 Å². The molecule has 0 fully saturated rings. The fraction of sp³-hybridized carbons (Fsp3) is 0.263. The Kier molecular flexibility index (Phi) is 9.86. The molecular formula is C38H40N2OS2. The van der Waals surface area contributed by atoms with Gasteiger partial charge in [-0.1, -0.05) is 91.0 Å². The second-order valence-electron chi connectivity index (χ2n) is 11.5. The summed E-state index contributed by atoms with van der Waals surface area (Å²) in [4.78, 5) is 7.66. The van der Waals surface area contributed by atoms with Gasteiger partial charge >= 0.3 is 0 Å². The van der Waals surface area contributed by atoms with Gasteiger partial charge in [0, 0.05) is 28.1 Å². The zero-order chi connectivity index (χ0) is 29.4. The van der Waals surface area contributed by atoms with Crippen LogP contribution in [0.25, 0.3) is 21.5 Å². The van der Waals surface area contributed by atoms with Crippen molar-refractivity contribution in [1.29, 1.82) is 0 Å². The van der Waals surface area contributed by atoms with Gasteiger partial charge in [0.2, 0.25) is 0 Å². The largest absolute Gasteiger partial charge is 0.484 e. The molecule has 6 rings (SSSR count). The van der Waals surface area contributed by atoms with Crippen molar-refractivity contribution in [2.24, 2.45) is 0 Å². The smallest absolute Gasteiger partial charge is 0.134 e. The Hall–Kier alpha value is -3.48. The lowest BCUT2D eigenvalue weighted by Gasteiger charge is -2.28. The Balaban J connectivity index is 1.06. The van der Waals surface area contributed by atoms with E-state index >= 15 is 0 Å². The first kappa shape index (κ1) is 29.6. The molecule has 6 aromatic rings. The maximum atomic E-state index is 6.71. The Morgan fingerprint density at radius 1 is 0.605 bits per heavy atom. The van der Waals surface area contributed by atoms with Crippen molar-refractivity contribution in [2.75, 3.05) is 33.9 Å². The molecule has 0 saturated carbocycles. The van der Waals surface area contributed by atoms with Gasteiger partial charge in [-0.2, -0.15) is 0 Å². The van der Waals surface area contributed by atoms with Crippen molar-refractivity contribution < 1.29 is 4.74 Å². The molecule has 0 bridgehead atoms. The highest BCUT2D eigenvalue weighted by Crippen LogP contribution is 2.34. The molecule has 220 valence electrons. The molecule has 0 saturated heterocycles. The van der Waals surface area contributed by atoms with Gasteiger partial charge in [0.05, 0.1) is 6.67 Å². The van der Waals surface area contributed by atoms with Crippen LogP contribution < -0.4 is 4.74 Å². The maximum absolute atomic E-state index is 6.71. The maximum Gasteiger partial charge on any atom is 0.134 e. The molecule has 43 heavy (non-hydrogen) atoms. The monoisotopic (exact) mass is 604 g/mol. The van der Waals surface area contributed by atoms with Gasteiger partial charge < -0.3 is 4.74 Å². The molecule has 4 aromatic carbocycles. The molecule has 0 amide bonds. The molecule has 2 atom stereocenters. The van der Waals surface area contributed by atoms with Crippen LogP contribution >= 0.6 is 22.7 Å². The highest BCUT2D eigenvalue weighted by atomic mass is 32.1. The minimum absolute atomic E-state index is 0.0301. The van der Waals surface area contributed by atoms with Gasteiger partial charge in [-0.15, -0.1) is 22.7 Å². The van der Waals surface area contributed by atoms with Crippen molar-refractivity contribution in [2.45, 2.75) is 31.3 Å². The Labute approximate surface area is 264 Å². The van der Waals surface area contributed by atoms with Crippen LogP contribution in [0, 0.1) is 0 Å². The highest BCUT2D eigenvalue weighted by molar-refractivity contribution is 7.10. The first-order valence-corrected chi connectivity index (χ1v) is 16.9. The first-order valence-electron chi connectivity index (χ1n) is 15.2. The molecule has 0 N–H and O–H groups in total. The van der Waals surface area contributed by atoms with Gasteiger partial charge in [-0.05, 0) is 90.1 Å². The number of thiophene rings is 2. The lowest BCUT2D eigenvalue weighted by atomic mass is 9.91. The van der Waals surface area contributed by atoms with Crippen LogP contribution in [-0.4, -0.2) is 43.7 Å². The van der Waals surface area contributed by atoms with Crippen molar-refractivity contribution >= 4 is 44.2 Å². The van der Waals surface area contributed by atoms with Crippen LogP contribution in [0.2, 0.25) is 0 Å². The van der Waals surface area contributed by atoms with Crippen LogP contribution in [0.1, 0.15) is 40.2 Å². The molecule has 3 nitrogen and oxygen atoms in total. The van der Waals surface area contributed by atoms with E-state index in [2.05, 4.69) is 144 Å². The summed E-state index contributed by atoms with van der Waals surface area (Å²) in [6.07, 6.45) is 3.17. The number of rotatable bonds is 14. The van der Waals surface area contributed by atoms with Crippen LogP contribution in [0.5, 0.6) is 5.75 Å². The third kappa shape index (κ3) is 7.54. The summed E-state index contributed by atoms with van der Waals surface area (Å²) in [6.45, 7) is 2.94. The minimum Gasteiger partial charge on any atom is -0.484 e. The summed E-state index contributed by atoms with van der Waals surface area (Å²) in [5.41, 5.74) is 1.45. The fourth-order valence-electron chi connectivity index (χ4n) is 6.06. The molecule has 2 aromatic heterocycles. The van der Waals surface area contributed by atoms with Crippen molar-refractivity contribution in [3.63, 3.8) is 0 Å². The second kappa shape index (κ2) is 14.3. The van der Waals surface area contributed by atoms with E-state index in [0.717, 1.165) is 44.8 Å². The fourth-order valence-corrected chi connectivity index (χ4v) is 7.71. The third-order valence-electron chi connectivity index (χ3n) is 8.29. The number of hydrogen-bond donors (Lipinski definition) is 0. The molecule has 0 radical (unpaired) electrons. The van der Waals surface area contributed by atoms with E-state index in [-0.39, 0.29) is 6.10 Å². The van der Waals surface area contributed by atoms with Crippen LogP contribution in [0.15, 0.2) is 120 Å². The number of nitrogens with zero attached hydrogens (tertiary/aromatic N) is 2. The summed E-state index contributed by atoms with van der Waals surface area (Å²) in [7, 11) is 4.48. The second-order valence-corrected chi connectivity index (χ2v) is 13.5. The average Bonchev–Trinajstić information content (AvgIpc) is 3.77. The van der Waals surface area contributed by atoms with E-state index in [1.54, 1.807) is 11.3 Å². The van der Waals surface area contributed by atoms with E-state index in [4.69, 9.17) is 4.74 Å². The Morgan fingerprint density at radius 2 is 1.21 bits per heavy atom. The summed E-state index contributed by atoms with van der Waals surface area (Å²) in [5.74, 6) is 1.47. The minimum atomic E-state index is 0.0301. The van der Waals surface area contributed by atoms with Gasteiger partial charge in [0.1, 0.15) is 11.9 Å². The van der Waals surface area contributed by atoms with Crippen LogP contribution in [0.4, 0.5) is 0 Å². The number of benzene rings is 4. The third-order valence-corrected chi connectivity index (χ3v) is 10.3. The predicted molar refractivity (Wildman–Crippen MR) is 186 cm³/mol. The van der Waals surface area contributed by atoms with E-state index in [1.165, 1.54) is 36.9 Å². The number of ether oxygens (including phenoxy) is 1. The predicted octanol–water partition coefficient (Wildman–Crippen LogP) is 9.86. The molecule has 0 aliphatic rings. The van der Waals surface area contributed by atoms with Crippen molar-refractivity contribution in [3.8, 4) is 5.75 Å². The van der Waals surface area contributed by atoms with Gasteiger partial charge in [-0.3, -0.25) is 9.80 Å². The van der Waals surface area contributed by atoms with Crippen LogP contribution in [-0.2, 0) is 6.42 Å². The SMILES string of the molecule is CN(CCC(Cc1cccc2ccccc12)c1cccs1)CN(C)CCC(Oc1cccc2ccccc12)c1cccs1. The average molecular weight is 605 g/mol. The van der Waals surface area contributed by atoms with E-state index < -0.39 is 0 Å². The zero-order valence-corrected chi connectivity index (χ0v) is 26.7. The highest BCUT2D eigenvalue weighted by Gasteiger charge is 2.19. The van der Waals surface area contributed by atoms with Crippen molar-refractivity contribution in [1.82, 2.24) is 9.80 Å². The summed E-state index contributed by atoms with van der Waals surface area (Å²) < 4.78 is 6.71. The quantitative estimate of drug-likeness (QED) is 0.115. The molecule has 0 spiro atoms. The first-order chi connectivity index (χ1) is 21.1. The molecule has 2 unspecified atom stereocenters. The Bertz CT molecular complexity index is 1580. The molecule has 2 heterocycles. The summed E-state index contributed by atoms with van der Waals surface area (Å²) in [5, 5.41) is 9.45. The molecule has 5 heteroatoms. The summed E-state index contributed by atoms with van der Waals surface area (Å²) in [6, 6.07) is 39.2. The molecule has 0 aliphatic carbocycles. The molecule has 0 aliphatic heterocycles. The standard InChI is InChI=1S/C38H40N2OS2/c1-39(23-21-32(37-19-9-25-42-37)27-31-15-7-13-29-11-3-5-16-33(29)31)28-40(2)24-22-36(38-20-10-26-43-38)41-35-18-8-14-30-12-4-6-17-34(30)35/h3-20,25-26,32,36H,21-24,27-28H2,1-2H3. The van der Waals surface area contributed by atoms with Gasteiger partial charge in [0.25, 0.3) is 0 Å². The lowest BCUT2D eigenvalue weighted by molar-refractivity contribution is 0.141. The molecular weight excluding hydrogens is 565 g/mol. The zero-order valence-electron chi connectivity index (χ0n) is 25.1. The number of hydrogen-bond acceptors (Lipinski definition) is 5.